The highest BCUT2D eigenvalue weighted by molar-refractivity contribution is 5.98. The average molecular weight is 255 g/mol. The van der Waals surface area contributed by atoms with E-state index in [1.165, 1.54) is 26.0 Å². The molecule has 0 spiro atoms. The molecule has 1 heterocycles. The van der Waals surface area contributed by atoms with Gasteiger partial charge in [-0.2, -0.15) is 0 Å². The Bertz CT molecular complexity index is 426. The van der Waals surface area contributed by atoms with Gasteiger partial charge in [0.25, 0.3) is 5.91 Å². The van der Waals surface area contributed by atoms with E-state index in [0.29, 0.717) is 0 Å². The Labute approximate surface area is 105 Å². The highest BCUT2D eigenvalue weighted by Gasteiger charge is 2.57. The van der Waals surface area contributed by atoms with Gasteiger partial charge in [0, 0.05) is 13.2 Å². The Hall–Kier alpha value is -1.56. The summed E-state index contributed by atoms with van der Waals surface area (Å²) in [5.74, 6) is -0.996. The van der Waals surface area contributed by atoms with E-state index in [1.807, 2.05) is 0 Å². The second-order valence-electron chi connectivity index (χ2n) is 4.62. The predicted molar refractivity (Wildman–Crippen MR) is 61.6 cm³/mol. The molecule has 1 fully saturated rings. The van der Waals surface area contributed by atoms with Gasteiger partial charge in [-0.3, -0.25) is 9.59 Å². The van der Waals surface area contributed by atoms with Crippen LogP contribution in [0.1, 0.15) is 26.2 Å². The van der Waals surface area contributed by atoms with Crippen LogP contribution in [-0.2, 0) is 19.1 Å². The normalized spacial score (nSPS) is 27.9. The lowest BCUT2D eigenvalue weighted by atomic mass is 10.1. The van der Waals surface area contributed by atoms with Gasteiger partial charge in [-0.25, -0.2) is 0 Å². The molecule has 1 aliphatic carbocycles. The molecule has 18 heavy (non-hydrogen) atoms. The topological polar surface area (TPSA) is 76.1 Å². The largest absolute Gasteiger partial charge is 0.507 e. The minimum Gasteiger partial charge on any atom is -0.507 e. The van der Waals surface area contributed by atoms with E-state index in [2.05, 4.69) is 4.74 Å². The first-order valence-corrected chi connectivity index (χ1v) is 5.84. The zero-order chi connectivity index (χ0) is 13.5. The lowest BCUT2D eigenvalue weighted by molar-refractivity contribution is -0.169. The number of hydrogen-bond acceptors (Lipinski definition) is 5. The smallest absolute Gasteiger partial charge is 0.310 e. The van der Waals surface area contributed by atoms with Crippen molar-refractivity contribution in [1.29, 1.82) is 0 Å². The molecule has 0 aromatic carbocycles. The third-order valence-electron chi connectivity index (χ3n) is 3.52. The summed E-state index contributed by atoms with van der Waals surface area (Å²) in [6.07, 6.45) is 1.52. The second-order valence-corrected chi connectivity index (χ2v) is 4.62. The molecule has 6 heteroatoms. The molecule has 6 nitrogen and oxygen atoms in total. The summed E-state index contributed by atoms with van der Waals surface area (Å²) < 4.78 is 9.95. The second kappa shape index (κ2) is 4.28. The van der Waals surface area contributed by atoms with Crippen LogP contribution in [0.15, 0.2) is 11.3 Å². The number of carbonyl (C=O) groups excluding carboxylic acids is 2. The van der Waals surface area contributed by atoms with Gasteiger partial charge in [-0.05, 0) is 19.8 Å². The van der Waals surface area contributed by atoms with Gasteiger partial charge in [-0.15, -0.1) is 0 Å². The number of carbonyl (C=O) groups is 2. The molecule has 0 aromatic rings. The first-order valence-electron chi connectivity index (χ1n) is 5.84. The Morgan fingerprint density at radius 2 is 2.11 bits per heavy atom. The lowest BCUT2D eigenvalue weighted by Gasteiger charge is -2.36. The molecule has 2 aliphatic rings. The minimum atomic E-state index is -1.39. The van der Waals surface area contributed by atoms with Gasteiger partial charge in [0.15, 0.2) is 5.76 Å². The minimum absolute atomic E-state index is 0.0294. The van der Waals surface area contributed by atoms with Crippen LogP contribution in [0.25, 0.3) is 0 Å². The zero-order valence-electron chi connectivity index (χ0n) is 10.7. The highest BCUT2D eigenvalue weighted by atomic mass is 16.5. The molecule has 0 radical (unpaired) electrons. The average Bonchev–Trinajstić information content (AvgIpc) is 3.16. The van der Waals surface area contributed by atoms with Crippen LogP contribution in [0.4, 0.5) is 0 Å². The van der Waals surface area contributed by atoms with Gasteiger partial charge in [-0.1, -0.05) is 0 Å². The van der Waals surface area contributed by atoms with Crippen LogP contribution >= 0.6 is 0 Å². The van der Waals surface area contributed by atoms with Crippen molar-refractivity contribution in [3.05, 3.63) is 11.3 Å². The summed E-state index contributed by atoms with van der Waals surface area (Å²) in [6, 6.07) is 0.0294. The Morgan fingerprint density at radius 1 is 1.50 bits per heavy atom. The van der Waals surface area contributed by atoms with E-state index >= 15 is 0 Å². The van der Waals surface area contributed by atoms with Crippen LogP contribution < -0.4 is 0 Å². The van der Waals surface area contributed by atoms with Crippen molar-refractivity contribution in [3.8, 4) is 0 Å². The molecular weight excluding hydrogens is 238 g/mol. The van der Waals surface area contributed by atoms with Crippen molar-refractivity contribution in [1.82, 2.24) is 4.90 Å². The first-order chi connectivity index (χ1) is 8.47. The molecule has 1 aliphatic heterocycles. The van der Waals surface area contributed by atoms with Crippen molar-refractivity contribution in [2.24, 2.45) is 0 Å². The van der Waals surface area contributed by atoms with E-state index in [-0.39, 0.29) is 29.7 Å². The van der Waals surface area contributed by atoms with Crippen molar-refractivity contribution in [3.63, 3.8) is 0 Å². The Balaban J connectivity index is 2.40. The van der Waals surface area contributed by atoms with E-state index in [4.69, 9.17) is 4.74 Å². The molecular formula is C12H17NO5. The molecule has 1 unspecified atom stereocenters. The van der Waals surface area contributed by atoms with E-state index in [1.54, 1.807) is 0 Å². The number of nitrogens with zero attached hydrogens (tertiary/aromatic N) is 1. The maximum absolute atomic E-state index is 12.1. The molecule has 1 amide bonds. The third kappa shape index (κ3) is 1.68. The van der Waals surface area contributed by atoms with E-state index < -0.39 is 11.7 Å². The van der Waals surface area contributed by atoms with Crippen molar-refractivity contribution in [2.45, 2.75) is 38.0 Å². The van der Waals surface area contributed by atoms with Crippen LogP contribution in [0.5, 0.6) is 0 Å². The fourth-order valence-corrected chi connectivity index (χ4v) is 2.35. The number of ether oxygens (including phenoxy) is 2. The zero-order valence-corrected chi connectivity index (χ0v) is 10.7. The maximum atomic E-state index is 12.1. The molecule has 0 bridgehead atoms. The predicted octanol–water partition coefficient (Wildman–Crippen LogP) is 0.729. The summed E-state index contributed by atoms with van der Waals surface area (Å²) in [4.78, 5) is 25.1. The molecule has 1 N–H and O–H groups in total. The van der Waals surface area contributed by atoms with Crippen LogP contribution in [0.2, 0.25) is 0 Å². The lowest BCUT2D eigenvalue weighted by Crippen LogP contribution is -2.52. The van der Waals surface area contributed by atoms with Gasteiger partial charge in [0.05, 0.1) is 12.7 Å². The summed E-state index contributed by atoms with van der Waals surface area (Å²) >= 11 is 0. The summed E-state index contributed by atoms with van der Waals surface area (Å²) in [5.41, 5.74) is -1.16. The summed E-state index contributed by atoms with van der Waals surface area (Å²) in [6.45, 7) is 1.53. The standard InChI is InChI=1S/C12H17NO5/c1-7-10(15)12(18-3,6-9(14)17-2)13(11(7)16)8-4-5-8/h8,15H,4-6H2,1-3H3. The van der Waals surface area contributed by atoms with Crippen LogP contribution in [0.3, 0.4) is 0 Å². The number of methoxy groups -OCH3 is 2. The number of hydrogen-bond donors (Lipinski definition) is 1. The highest BCUT2D eigenvalue weighted by Crippen LogP contribution is 2.44. The van der Waals surface area contributed by atoms with Gasteiger partial charge in [0.1, 0.15) is 6.42 Å². The number of aliphatic hydroxyl groups excluding tert-OH is 1. The monoisotopic (exact) mass is 255 g/mol. The number of aliphatic hydroxyl groups is 1. The van der Waals surface area contributed by atoms with E-state index in [9.17, 15) is 14.7 Å². The fraction of sp³-hybridized carbons (Fsp3) is 0.667. The van der Waals surface area contributed by atoms with Gasteiger partial charge < -0.3 is 19.5 Å². The molecule has 1 saturated carbocycles. The summed E-state index contributed by atoms with van der Waals surface area (Å²) in [5, 5.41) is 10.2. The van der Waals surface area contributed by atoms with Crippen LogP contribution in [-0.4, -0.2) is 47.9 Å². The third-order valence-corrected chi connectivity index (χ3v) is 3.52. The van der Waals surface area contributed by atoms with Crippen molar-refractivity contribution in [2.75, 3.05) is 14.2 Å². The maximum Gasteiger partial charge on any atom is 0.310 e. The number of rotatable bonds is 4. The van der Waals surface area contributed by atoms with Crippen molar-refractivity contribution >= 4 is 11.9 Å². The molecule has 0 aromatic heterocycles. The first kappa shape index (κ1) is 12.9. The fourth-order valence-electron chi connectivity index (χ4n) is 2.35. The van der Waals surface area contributed by atoms with E-state index in [0.717, 1.165) is 12.8 Å². The number of amides is 1. The van der Waals surface area contributed by atoms with Gasteiger partial charge in [0.2, 0.25) is 5.72 Å². The molecule has 0 saturated heterocycles. The van der Waals surface area contributed by atoms with Crippen molar-refractivity contribution < 1.29 is 24.2 Å². The summed E-state index contributed by atoms with van der Waals surface area (Å²) in [7, 11) is 2.64. The Morgan fingerprint density at radius 3 is 2.56 bits per heavy atom. The number of esters is 1. The quantitative estimate of drug-likeness (QED) is 0.749. The molecule has 2 rings (SSSR count). The Kier molecular flexibility index (Phi) is 3.06. The molecule has 1 atom stereocenters. The SMILES string of the molecule is COC(=O)CC1(OC)C(O)=C(C)C(=O)N1C1CC1. The molecule has 100 valence electrons. The van der Waals surface area contributed by atoms with Gasteiger partial charge >= 0.3 is 5.97 Å². The van der Waals surface area contributed by atoms with Crippen LogP contribution in [0, 0.1) is 0 Å².